The molecule has 4 aromatic carbocycles. The fourth-order valence-corrected chi connectivity index (χ4v) is 4.35. The molecule has 0 atom stereocenters. The number of urea groups is 1. The molecule has 0 aliphatic carbocycles. The number of tetrazole rings is 1. The van der Waals surface area contributed by atoms with E-state index in [9.17, 15) is 9.59 Å². The zero-order chi connectivity index (χ0) is 28.8. The van der Waals surface area contributed by atoms with Crippen LogP contribution < -0.4 is 15.5 Å². The minimum atomic E-state index is -0.358. The third-order valence-corrected chi connectivity index (χ3v) is 6.64. The van der Waals surface area contributed by atoms with Crippen molar-refractivity contribution in [1.82, 2.24) is 20.6 Å². The van der Waals surface area contributed by atoms with Crippen LogP contribution in [0.1, 0.15) is 42.3 Å². The summed E-state index contributed by atoms with van der Waals surface area (Å²) < 4.78 is 0. The van der Waals surface area contributed by atoms with Crippen molar-refractivity contribution in [3.05, 3.63) is 120 Å². The lowest BCUT2D eigenvalue weighted by molar-refractivity contribution is 0.102. The molecule has 1 aromatic heterocycles. The van der Waals surface area contributed by atoms with Gasteiger partial charge in [0.25, 0.3) is 11.9 Å². The molecule has 0 bridgehead atoms. The highest BCUT2D eigenvalue weighted by Gasteiger charge is 2.20. The minimum Gasteiger partial charge on any atom is -0.308 e. The molecule has 0 saturated heterocycles. The van der Waals surface area contributed by atoms with Gasteiger partial charge in [-0.25, -0.2) is 4.79 Å². The van der Waals surface area contributed by atoms with Crippen molar-refractivity contribution in [2.24, 2.45) is 0 Å². The second-order valence-electron chi connectivity index (χ2n) is 10.6. The van der Waals surface area contributed by atoms with Gasteiger partial charge in [0.05, 0.1) is 6.54 Å². The molecular weight excluding hydrogens is 514 g/mol. The van der Waals surface area contributed by atoms with Crippen molar-refractivity contribution >= 4 is 29.3 Å². The number of hydrogen-bond donors (Lipinski definition) is 3. The molecule has 0 saturated carbocycles. The van der Waals surface area contributed by atoms with E-state index >= 15 is 0 Å². The number of benzene rings is 4. The van der Waals surface area contributed by atoms with Gasteiger partial charge in [-0.3, -0.25) is 15.0 Å². The Balaban J connectivity index is 1.38. The van der Waals surface area contributed by atoms with E-state index in [4.69, 9.17) is 0 Å². The van der Waals surface area contributed by atoms with Crippen molar-refractivity contribution in [2.45, 2.75) is 32.7 Å². The van der Waals surface area contributed by atoms with Crippen LogP contribution in [0.2, 0.25) is 0 Å². The fourth-order valence-electron chi connectivity index (χ4n) is 4.35. The van der Waals surface area contributed by atoms with Crippen LogP contribution in [0.3, 0.4) is 0 Å². The molecule has 9 heteroatoms. The van der Waals surface area contributed by atoms with Gasteiger partial charge in [-0.2, -0.15) is 5.21 Å². The molecule has 3 amide bonds. The summed E-state index contributed by atoms with van der Waals surface area (Å²) in [6.45, 7) is 6.76. The molecule has 5 aromatic rings. The van der Waals surface area contributed by atoms with Gasteiger partial charge in [-0.05, 0) is 69.3 Å². The molecule has 0 fully saturated rings. The van der Waals surface area contributed by atoms with Crippen molar-refractivity contribution < 1.29 is 9.59 Å². The zero-order valence-electron chi connectivity index (χ0n) is 23.1. The first-order chi connectivity index (χ1) is 19.8. The summed E-state index contributed by atoms with van der Waals surface area (Å²) in [7, 11) is 0. The van der Waals surface area contributed by atoms with E-state index in [0.29, 0.717) is 17.8 Å². The Bertz CT molecular complexity index is 1610. The van der Waals surface area contributed by atoms with E-state index in [1.807, 2.05) is 78.9 Å². The van der Waals surface area contributed by atoms with Gasteiger partial charge < -0.3 is 5.32 Å². The quantitative estimate of drug-likeness (QED) is 0.212. The Morgan fingerprint density at radius 1 is 0.805 bits per heavy atom. The van der Waals surface area contributed by atoms with Crippen molar-refractivity contribution in [3.63, 3.8) is 0 Å². The van der Waals surface area contributed by atoms with Gasteiger partial charge in [0.1, 0.15) is 0 Å². The van der Waals surface area contributed by atoms with Crippen LogP contribution in [-0.4, -0.2) is 32.6 Å². The summed E-state index contributed by atoms with van der Waals surface area (Å²) in [5.41, 5.74) is 5.99. The second kappa shape index (κ2) is 11.8. The monoisotopic (exact) mass is 545 g/mol. The van der Waals surface area contributed by atoms with Crippen molar-refractivity contribution in [2.75, 3.05) is 15.5 Å². The van der Waals surface area contributed by atoms with Crippen molar-refractivity contribution in [3.8, 4) is 11.1 Å². The Hall–Kier alpha value is -5.31. The molecule has 9 nitrogen and oxygen atoms in total. The van der Waals surface area contributed by atoms with Gasteiger partial charge in [-0.1, -0.05) is 92.6 Å². The summed E-state index contributed by atoms with van der Waals surface area (Å²) >= 11 is 0. The van der Waals surface area contributed by atoms with Gasteiger partial charge >= 0.3 is 6.03 Å². The molecule has 0 unspecified atom stereocenters. The number of nitrogens with one attached hydrogen (secondary N) is 3. The number of aromatic nitrogens is 4. The van der Waals surface area contributed by atoms with Crippen LogP contribution in [0.4, 0.5) is 22.1 Å². The number of rotatable bonds is 7. The average Bonchev–Trinajstić information content (AvgIpc) is 3.49. The van der Waals surface area contributed by atoms with Crippen LogP contribution in [0.25, 0.3) is 11.1 Å². The predicted octanol–water partition coefficient (Wildman–Crippen LogP) is 6.66. The molecule has 0 spiro atoms. The average molecular weight is 546 g/mol. The summed E-state index contributed by atoms with van der Waals surface area (Å²) in [5.74, 6) is -0.263. The Morgan fingerprint density at radius 2 is 1.51 bits per heavy atom. The lowest BCUT2D eigenvalue weighted by atomic mass is 9.87. The summed E-state index contributed by atoms with van der Waals surface area (Å²) in [6, 6.07) is 32.6. The van der Waals surface area contributed by atoms with E-state index in [2.05, 4.69) is 64.2 Å². The van der Waals surface area contributed by atoms with Gasteiger partial charge in [0.15, 0.2) is 0 Å². The predicted molar refractivity (Wildman–Crippen MR) is 161 cm³/mol. The lowest BCUT2D eigenvalue weighted by Gasteiger charge is -2.25. The number of H-pyrrole nitrogens is 1. The van der Waals surface area contributed by atoms with Gasteiger partial charge in [0.2, 0.25) is 0 Å². The smallest absolute Gasteiger partial charge is 0.308 e. The zero-order valence-corrected chi connectivity index (χ0v) is 23.1. The molecule has 1 heterocycles. The number of aromatic amines is 1. The highest BCUT2D eigenvalue weighted by molar-refractivity contribution is 6.03. The first-order valence-corrected chi connectivity index (χ1v) is 13.2. The van der Waals surface area contributed by atoms with E-state index in [1.54, 1.807) is 17.0 Å². The third-order valence-electron chi connectivity index (χ3n) is 6.64. The van der Waals surface area contributed by atoms with E-state index < -0.39 is 0 Å². The Morgan fingerprint density at radius 3 is 2.17 bits per heavy atom. The van der Waals surface area contributed by atoms with Crippen LogP contribution in [0, 0.1) is 0 Å². The topological polar surface area (TPSA) is 116 Å². The maximum atomic E-state index is 13.7. The highest BCUT2D eigenvalue weighted by atomic mass is 16.2. The largest absolute Gasteiger partial charge is 0.326 e. The number of hydrogen-bond acceptors (Lipinski definition) is 5. The number of amides is 3. The molecular formula is C32H31N7O2. The minimum absolute atomic E-state index is 0.0125. The molecule has 0 aliphatic heterocycles. The number of anilines is 3. The van der Waals surface area contributed by atoms with E-state index in [1.165, 1.54) is 5.56 Å². The summed E-state index contributed by atoms with van der Waals surface area (Å²) in [6.07, 6.45) is 0. The summed E-state index contributed by atoms with van der Waals surface area (Å²) in [4.78, 5) is 27.9. The van der Waals surface area contributed by atoms with E-state index in [-0.39, 0.29) is 23.3 Å². The summed E-state index contributed by atoms with van der Waals surface area (Å²) in [5, 5.41) is 18.9. The maximum Gasteiger partial charge on any atom is 0.326 e. The first-order valence-electron chi connectivity index (χ1n) is 13.2. The molecule has 0 radical (unpaired) electrons. The number of carbonyl (C=O) groups is 2. The van der Waals surface area contributed by atoms with Crippen LogP contribution in [0.5, 0.6) is 0 Å². The third kappa shape index (κ3) is 6.83. The second-order valence-corrected chi connectivity index (χ2v) is 10.6. The normalized spacial score (nSPS) is 11.1. The van der Waals surface area contributed by atoms with Crippen LogP contribution >= 0.6 is 0 Å². The lowest BCUT2D eigenvalue weighted by Crippen LogP contribution is -2.34. The standard InChI is InChI=1S/C32H31N7O2/c1-32(2,3)26-16-18-28(19-17-26)39(21-22-12-14-24(15-13-22)29(40)34-30-35-37-38-36-30)31(41)33-27-11-7-10-25(20-27)23-8-5-4-6-9-23/h4-20H,21H2,1-3H3,(H,33,41)(H2,34,35,36,37,38,40). The first kappa shape index (κ1) is 27.3. The number of carbonyl (C=O) groups excluding carboxylic acids is 2. The SMILES string of the molecule is CC(C)(C)c1ccc(N(Cc2ccc(C(=O)Nc3nn[nH]n3)cc2)C(=O)Nc2cccc(-c3ccccc3)c2)cc1. The van der Waals surface area contributed by atoms with Gasteiger partial charge in [0, 0.05) is 16.9 Å². The van der Waals surface area contributed by atoms with Crippen LogP contribution in [0.15, 0.2) is 103 Å². The molecule has 0 aliphatic rings. The highest BCUT2D eigenvalue weighted by Crippen LogP contribution is 2.27. The fraction of sp³-hybridized carbons (Fsp3) is 0.156. The Kier molecular flexibility index (Phi) is 7.87. The molecule has 41 heavy (non-hydrogen) atoms. The maximum absolute atomic E-state index is 13.7. The molecule has 3 N–H and O–H groups in total. The number of nitrogens with zero attached hydrogens (tertiary/aromatic N) is 4. The van der Waals surface area contributed by atoms with E-state index in [0.717, 1.165) is 22.4 Å². The van der Waals surface area contributed by atoms with Crippen molar-refractivity contribution in [1.29, 1.82) is 0 Å². The van der Waals surface area contributed by atoms with Crippen LogP contribution in [-0.2, 0) is 12.0 Å². The molecule has 206 valence electrons. The van der Waals surface area contributed by atoms with Gasteiger partial charge in [-0.15, -0.1) is 5.10 Å². The Labute approximate surface area is 238 Å². The molecule has 5 rings (SSSR count).